The van der Waals surface area contributed by atoms with E-state index in [9.17, 15) is 0 Å². The summed E-state index contributed by atoms with van der Waals surface area (Å²) in [7, 11) is 0. The second-order valence-corrected chi connectivity index (χ2v) is 12.6. The summed E-state index contributed by atoms with van der Waals surface area (Å²) in [5.41, 5.74) is 1.33. The van der Waals surface area contributed by atoms with Gasteiger partial charge in [-0.25, -0.2) is 0 Å². The van der Waals surface area contributed by atoms with Crippen molar-refractivity contribution in [3.8, 4) is 0 Å². The number of rotatable bonds is 5. The molecule has 0 bridgehead atoms. The van der Waals surface area contributed by atoms with Gasteiger partial charge in [-0.05, 0) is 75.5 Å². The minimum atomic E-state index is 0.225. The third-order valence-corrected chi connectivity index (χ3v) is 11.3. The first-order chi connectivity index (χ1) is 15.3. The third-order valence-electron chi connectivity index (χ3n) is 11.3. The van der Waals surface area contributed by atoms with Crippen molar-refractivity contribution in [2.24, 2.45) is 16.7 Å². The van der Waals surface area contributed by atoms with Crippen molar-refractivity contribution in [1.82, 2.24) is 0 Å². The molecule has 0 amide bonds. The van der Waals surface area contributed by atoms with Crippen molar-refractivity contribution >= 4 is 0 Å². The standard InChI is InChI=1S/C30H52O/c1-6-16-26(17-7-1)28(20-10-3-11-21-28)29(22-12-4-13-23-29)30(24-14-5-15-25-30)31-27-18-8-2-9-19-27/h26-27H,1-25H2. The fourth-order valence-corrected chi connectivity index (χ4v) is 10.0. The van der Waals surface area contributed by atoms with Crippen LogP contribution in [0.4, 0.5) is 0 Å². The van der Waals surface area contributed by atoms with Gasteiger partial charge in [0.05, 0.1) is 11.7 Å². The Kier molecular flexibility index (Phi) is 7.38. The number of hydrogen-bond acceptors (Lipinski definition) is 1. The van der Waals surface area contributed by atoms with Crippen LogP contribution >= 0.6 is 0 Å². The Morgan fingerprint density at radius 1 is 0.419 bits per heavy atom. The topological polar surface area (TPSA) is 9.23 Å². The summed E-state index contributed by atoms with van der Waals surface area (Å²) in [5.74, 6) is 1.01. The molecule has 0 spiro atoms. The lowest BCUT2D eigenvalue weighted by Crippen LogP contribution is -2.64. The molecular weight excluding hydrogens is 376 g/mol. The van der Waals surface area contributed by atoms with E-state index in [4.69, 9.17) is 4.74 Å². The summed E-state index contributed by atoms with van der Waals surface area (Å²) >= 11 is 0. The van der Waals surface area contributed by atoms with Crippen LogP contribution in [0.25, 0.3) is 0 Å². The Bertz CT molecular complexity index is 535. The van der Waals surface area contributed by atoms with E-state index in [1.807, 2.05) is 0 Å². The van der Waals surface area contributed by atoms with Crippen LogP contribution in [0.5, 0.6) is 0 Å². The zero-order valence-corrected chi connectivity index (χ0v) is 20.7. The Balaban J connectivity index is 1.57. The SMILES string of the molecule is C1CCC(OC2(C3(C4(C5CCCCC5)CCCCC4)CCCCC3)CCCCC2)CC1. The minimum absolute atomic E-state index is 0.225. The maximum absolute atomic E-state index is 7.63. The Morgan fingerprint density at radius 2 is 0.871 bits per heavy atom. The van der Waals surface area contributed by atoms with Gasteiger partial charge in [0.25, 0.3) is 0 Å². The molecule has 0 aromatic carbocycles. The van der Waals surface area contributed by atoms with E-state index >= 15 is 0 Å². The average Bonchev–Trinajstić information content (AvgIpc) is 2.86. The van der Waals surface area contributed by atoms with E-state index in [1.165, 1.54) is 135 Å². The van der Waals surface area contributed by atoms with Gasteiger partial charge in [-0.2, -0.15) is 0 Å². The molecule has 5 aliphatic carbocycles. The van der Waals surface area contributed by atoms with E-state index in [-0.39, 0.29) is 5.60 Å². The molecule has 31 heavy (non-hydrogen) atoms. The summed E-state index contributed by atoms with van der Waals surface area (Å²) in [4.78, 5) is 0. The first kappa shape index (κ1) is 22.7. The van der Waals surface area contributed by atoms with E-state index in [0.29, 0.717) is 16.9 Å². The van der Waals surface area contributed by atoms with Crippen LogP contribution in [0.15, 0.2) is 0 Å². The lowest BCUT2D eigenvalue weighted by molar-refractivity contribution is -0.261. The average molecular weight is 429 g/mol. The van der Waals surface area contributed by atoms with Gasteiger partial charge in [0.15, 0.2) is 0 Å². The highest BCUT2D eigenvalue weighted by Gasteiger charge is 2.65. The molecule has 0 saturated heterocycles. The Labute approximate surface area is 193 Å². The smallest absolute Gasteiger partial charge is 0.0747 e. The van der Waals surface area contributed by atoms with E-state index in [2.05, 4.69) is 0 Å². The number of ether oxygens (including phenoxy) is 1. The molecule has 0 aromatic heterocycles. The lowest BCUT2D eigenvalue weighted by Gasteiger charge is -2.67. The van der Waals surface area contributed by atoms with Crippen LogP contribution in [0.3, 0.4) is 0 Å². The van der Waals surface area contributed by atoms with Gasteiger partial charge in [-0.3, -0.25) is 0 Å². The zero-order valence-electron chi connectivity index (χ0n) is 20.7. The first-order valence-electron chi connectivity index (χ1n) is 15.0. The summed E-state index contributed by atoms with van der Waals surface area (Å²) in [5, 5.41) is 0. The molecule has 1 nitrogen and oxygen atoms in total. The second-order valence-electron chi connectivity index (χ2n) is 12.6. The number of hydrogen-bond donors (Lipinski definition) is 0. The van der Waals surface area contributed by atoms with Crippen LogP contribution in [0, 0.1) is 16.7 Å². The molecule has 5 aliphatic rings. The molecule has 5 fully saturated rings. The summed E-state index contributed by atoms with van der Waals surface area (Å²) in [6.07, 6.45) is 37.4. The molecule has 0 radical (unpaired) electrons. The highest BCUT2D eigenvalue weighted by molar-refractivity contribution is 5.14. The van der Waals surface area contributed by atoms with Crippen molar-refractivity contribution in [2.75, 3.05) is 0 Å². The van der Waals surface area contributed by atoms with Crippen molar-refractivity contribution in [3.05, 3.63) is 0 Å². The lowest BCUT2D eigenvalue weighted by atomic mass is 9.40. The van der Waals surface area contributed by atoms with Crippen LogP contribution < -0.4 is 0 Å². The van der Waals surface area contributed by atoms with E-state index in [1.54, 1.807) is 25.7 Å². The van der Waals surface area contributed by atoms with Crippen molar-refractivity contribution in [3.63, 3.8) is 0 Å². The van der Waals surface area contributed by atoms with Gasteiger partial charge < -0.3 is 4.74 Å². The van der Waals surface area contributed by atoms with Crippen LogP contribution in [-0.2, 0) is 4.74 Å². The molecule has 0 aliphatic heterocycles. The maximum atomic E-state index is 7.63. The van der Waals surface area contributed by atoms with Crippen LogP contribution in [0.2, 0.25) is 0 Å². The summed E-state index contributed by atoms with van der Waals surface area (Å²) < 4.78 is 7.63. The fourth-order valence-electron chi connectivity index (χ4n) is 10.0. The molecule has 178 valence electrons. The van der Waals surface area contributed by atoms with Crippen molar-refractivity contribution in [1.29, 1.82) is 0 Å². The molecule has 1 heteroatoms. The summed E-state index contributed by atoms with van der Waals surface area (Å²) in [6.45, 7) is 0. The first-order valence-corrected chi connectivity index (χ1v) is 15.0. The van der Waals surface area contributed by atoms with Gasteiger partial charge in [-0.15, -0.1) is 0 Å². The normalized spacial score (nSPS) is 32.5. The van der Waals surface area contributed by atoms with Crippen molar-refractivity contribution < 1.29 is 4.74 Å². The zero-order chi connectivity index (χ0) is 21.0. The van der Waals surface area contributed by atoms with Gasteiger partial charge in [-0.1, -0.05) is 96.3 Å². The van der Waals surface area contributed by atoms with Crippen LogP contribution in [-0.4, -0.2) is 11.7 Å². The van der Waals surface area contributed by atoms with Gasteiger partial charge in [0, 0.05) is 5.41 Å². The highest BCUT2D eigenvalue weighted by atomic mass is 16.5. The van der Waals surface area contributed by atoms with Gasteiger partial charge >= 0.3 is 0 Å². The Hall–Kier alpha value is -0.0400. The molecule has 0 atom stereocenters. The molecule has 0 heterocycles. The molecule has 0 unspecified atom stereocenters. The van der Waals surface area contributed by atoms with Gasteiger partial charge in [0.1, 0.15) is 0 Å². The molecule has 5 rings (SSSR count). The molecule has 5 saturated carbocycles. The molecule has 0 N–H and O–H groups in total. The highest BCUT2D eigenvalue weighted by Crippen LogP contribution is 2.69. The summed E-state index contributed by atoms with van der Waals surface area (Å²) in [6, 6.07) is 0. The Morgan fingerprint density at radius 3 is 1.45 bits per heavy atom. The fraction of sp³-hybridized carbons (Fsp3) is 1.00. The van der Waals surface area contributed by atoms with E-state index in [0.717, 1.165) is 5.92 Å². The maximum Gasteiger partial charge on any atom is 0.0747 e. The predicted octanol–water partition coefficient (Wildman–Crippen LogP) is 9.52. The van der Waals surface area contributed by atoms with Gasteiger partial charge in [0.2, 0.25) is 0 Å². The minimum Gasteiger partial charge on any atom is -0.371 e. The predicted molar refractivity (Wildman–Crippen MR) is 131 cm³/mol. The molecule has 0 aromatic rings. The quantitative estimate of drug-likeness (QED) is 0.423. The molecular formula is C30H52O. The largest absolute Gasteiger partial charge is 0.371 e. The second kappa shape index (κ2) is 10.1. The van der Waals surface area contributed by atoms with Crippen LogP contribution in [0.1, 0.15) is 161 Å². The van der Waals surface area contributed by atoms with E-state index < -0.39 is 0 Å². The third kappa shape index (κ3) is 4.17. The van der Waals surface area contributed by atoms with Crippen molar-refractivity contribution in [2.45, 2.75) is 172 Å². The monoisotopic (exact) mass is 428 g/mol.